The molecule has 0 saturated carbocycles. The van der Waals surface area contributed by atoms with Crippen molar-refractivity contribution in [3.8, 4) is 10.4 Å². The third-order valence-electron chi connectivity index (χ3n) is 4.26. The average molecular weight is 446 g/mol. The Morgan fingerprint density at radius 3 is 2.69 bits per heavy atom. The maximum atomic E-state index is 13.1. The normalized spacial score (nSPS) is 12.4. The van der Waals surface area contributed by atoms with Crippen LogP contribution in [0.4, 0.5) is 11.9 Å². The molecule has 4 aromatic heterocycles. The molecule has 0 aromatic carbocycles. The minimum absolute atomic E-state index is 0.0570. The second-order valence-corrected chi connectivity index (χ2v) is 9.69. The summed E-state index contributed by atoms with van der Waals surface area (Å²) in [5.41, 5.74) is 6.73. The Balaban J connectivity index is 1.72. The van der Waals surface area contributed by atoms with Gasteiger partial charge < -0.3 is 10.6 Å². The largest absolute Gasteiger partial charge is 0.368 e. The van der Waals surface area contributed by atoms with Gasteiger partial charge in [0.05, 0.1) is 10.6 Å². The van der Waals surface area contributed by atoms with Gasteiger partial charge in [0.1, 0.15) is 10.7 Å². The molecule has 4 heterocycles. The van der Waals surface area contributed by atoms with E-state index in [1.807, 2.05) is 43.9 Å². The van der Waals surface area contributed by atoms with Crippen molar-refractivity contribution in [2.45, 2.75) is 17.3 Å². The van der Waals surface area contributed by atoms with Crippen molar-refractivity contribution in [2.24, 2.45) is 7.05 Å². The first-order valence-corrected chi connectivity index (χ1v) is 11.4. The molecular formula is C18H19N7OS3. The Hall–Kier alpha value is -2.50. The van der Waals surface area contributed by atoms with Crippen LogP contribution in [0.15, 0.2) is 32.8 Å². The second kappa shape index (κ2) is 7.73. The van der Waals surface area contributed by atoms with Crippen molar-refractivity contribution < 1.29 is 0 Å². The highest BCUT2D eigenvalue weighted by atomic mass is 32.2. The molecule has 29 heavy (non-hydrogen) atoms. The van der Waals surface area contributed by atoms with Crippen molar-refractivity contribution in [3.63, 3.8) is 0 Å². The summed E-state index contributed by atoms with van der Waals surface area (Å²) in [6.07, 6.45) is 0. The maximum Gasteiger partial charge on any atom is 0.263 e. The number of nitrogens with two attached hydrogens (primary N) is 1. The fraction of sp³-hybridized carbons (Fsp3) is 0.278. The Kier molecular flexibility index (Phi) is 5.28. The van der Waals surface area contributed by atoms with Gasteiger partial charge in [-0.1, -0.05) is 17.8 Å². The Morgan fingerprint density at radius 1 is 1.21 bits per heavy atom. The molecule has 0 radical (unpaired) electrons. The van der Waals surface area contributed by atoms with E-state index in [0.717, 1.165) is 15.3 Å². The first-order valence-electron chi connectivity index (χ1n) is 8.72. The summed E-state index contributed by atoms with van der Waals surface area (Å²) in [4.78, 5) is 34.3. The Bertz CT molecular complexity index is 1230. The van der Waals surface area contributed by atoms with E-state index < -0.39 is 0 Å². The van der Waals surface area contributed by atoms with Crippen LogP contribution in [0, 0.1) is 0 Å². The quantitative estimate of drug-likeness (QED) is 0.368. The molecular weight excluding hydrogens is 426 g/mol. The van der Waals surface area contributed by atoms with Gasteiger partial charge in [0, 0.05) is 37.0 Å². The van der Waals surface area contributed by atoms with Crippen LogP contribution in [-0.4, -0.2) is 38.6 Å². The predicted molar refractivity (Wildman–Crippen MR) is 121 cm³/mol. The van der Waals surface area contributed by atoms with Crippen molar-refractivity contribution in [1.82, 2.24) is 24.5 Å². The zero-order valence-electron chi connectivity index (χ0n) is 16.3. The number of fused-ring (bicyclic) bond motifs is 1. The number of thioether (sulfide) groups is 1. The molecule has 4 aromatic rings. The first kappa shape index (κ1) is 19.8. The van der Waals surface area contributed by atoms with E-state index in [9.17, 15) is 4.79 Å². The number of nitrogen functional groups attached to an aromatic ring is 1. The summed E-state index contributed by atoms with van der Waals surface area (Å²) in [6, 6.07) is 4.00. The molecule has 8 nitrogen and oxygen atoms in total. The molecule has 2 N–H and O–H groups in total. The molecule has 0 aliphatic heterocycles. The third-order valence-corrected chi connectivity index (χ3v) is 7.18. The van der Waals surface area contributed by atoms with Gasteiger partial charge in [-0.2, -0.15) is 15.0 Å². The van der Waals surface area contributed by atoms with Crippen LogP contribution in [0.3, 0.4) is 0 Å². The predicted octanol–water partition coefficient (Wildman–Crippen LogP) is 3.41. The standard InChI is InChI=1S/C18H19N7OS3/c1-9(13-20-16(19)23-17(21-13)24(2)3)29-18-22-14-12(15(26)25(18)4)10(8-28-14)11-6-5-7-27-11/h5-9H,1-4H3,(H2,19,20,21,23)/t9-/m0/s1. The van der Waals surface area contributed by atoms with E-state index in [1.54, 1.807) is 27.9 Å². The molecule has 0 aliphatic rings. The van der Waals surface area contributed by atoms with Crippen molar-refractivity contribution in [3.05, 3.63) is 39.1 Å². The number of thiophene rings is 2. The van der Waals surface area contributed by atoms with Crippen LogP contribution >= 0.6 is 34.4 Å². The molecule has 1 atom stereocenters. The third kappa shape index (κ3) is 3.72. The van der Waals surface area contributed by atoms with Gasteiger partial charge in [0.2, 0.25) is 11.9 Å². The number of anilines is 2. The summed E-state index contributed by atoms with van der Waals surface area (Å²) >= 11 is 4.52. The lowest BCUT2D eigenvalue weighted by Crippen LogP contribution is -2.20. The number of hydrogen-bond acceptors (Lipinski definition) is 10. The lowest BCUT2D eigenvalue weighted by atomic mass is 10.2. The minimum Gasteiger partial charge on any atom is -0.368 e. The molecule has 0 fully saturated rings. The fourth-order valence-electron chi connectivity index (χ4n) is 2.76. The van der Waals surface area contributed by atoms with Crippen LogP contribution in [0.1, 0.15) is 18.0 Å². The van der Waals surface area contributed by atoms with E-state index in [4.69, 9.17) is 10.7 Å². The summed E-state index contributed by atoms with van der Waals surface area (Å²) in [7, 11) is 5.43. The molecule has 150 valence electrons. The maximum absolute atomic E-state index is 13.1. The van der Waals surface area contributed by atoms with Crippen molar-refractivity contribution >= 4 is 56.5 Å². The number of nitrogens with zero attached hydrogens (tertiary/aromatic N) is 6. The molecule has 0 aliphatic carbocycles. The highest BCUT2D eigenvalue weighted by Gasteiger charge is 2.20. The van der Waals surface area contributed by atoms with E-state index in [1.165, 1.54) is 23.1 Å². The fourth-order valence-corrected chi connectivity index (χ4v) is 5.48. The van der Waals surface area contributed by atoms with Crippen LogP contribution in [0.25, 0.3) is 20.7 Å². The zero-order valence-corrected chi connectivity index (χ0v) is 18.7. The van der Waals surface area contributed by atoms with Gasteiger partial charge in [-0.25, -0.2) is 4.98 Å². The van der Waals surface area contributed by atoms with Gasteiger partial charge in [-0.15, -0.1) is 22.7 Å². The van der Waals surface area contributed by atoms with Crippen LogP contribution in [0.5, 0.6) is 0 Å². The van der Waals surface area contributed by atoms with E-state index in [-0.39, 0.29) is 16.8 Å². The first-order chi connectivity index (χ1) is 13.8. The van der Waals surface area contributed by atoms with E-state index in [2.05, 4.69) is 15.0 Å². The topological polar surface area (TPSA) is 103 Å². The van der Waals surface area contributed by atoms with Crippen LogP contribution in [-0.2, 0) is 7.05 Å². The SMILES string of the molecule is C[C@H](Sc1nc2scc(-c3cccs3)c2c(=O)n1C)c1nc(N)nc(N(C)C)n1. The molecule has 0 saturated heterocycles. The van der Waals surface area contributed by atoms with E-state index >= 15 is 0 Å². The highest BCUT2D eigenvalue weighted by molar-refractivity contribution is 7.99. The number of rotatable bonds is 5. The summed E-state index contributed by atoms with van der Waals surface area (Å²) in [5.74, 6) is 1.21. The molecule has 11 heteroatoms. The minimum atomic E-state index is -0.161. The summed E-state index contributed by atoms with van der Waals surface area (Å²) in [6.45, 7) is 1.96. The molecule has 0 bridgehead atoms. The summed E-state index contributed by atoms with van der Waals surface area (Å²) < 4.78 is 1.59. The monoisotopic (exact) mass is 445 g/mol. The van der Waals surface area contributed by atoms with Crippen molar-refractivity contribution in [2.75, 3.05) is 24.7 Å². The molecule has 4 rings (SSSR count). The average Bonchev–Trinajstić information content (AvgIpc) is 3.34. The zero-order chi connectivity index (χ0) is 20.7. The Labute approximate surface area is 179 Å². The molecule has 0 unspecified atom stereocenters. The lowest BCUT2D eigenvalue weighted by molar-refractivity contribution is 0.723. The van der Waals surface area contributed by atoms with Gasteiger partial charge in [0.25, 0.3) is 5.56 Å². The smallest absolute Gasteiger partial charge is 0.263 e. The Morgan fingerprint density at radius 2 is 2.00 bits per heavy atom. The van der Waals surface area contributed by atoms with Gasteiger partial charge in [-0.05, 0) is 18.4 Å². The highest BCUT2D eigenvalue weighted by Crippen LogP contribution is 2.37. The second-order valence-electron chi connectivity index (χ2n) is 6.57. The number of aromatic nitrogens is 5. The van der Waals surface area contributed by atoms with Crippen LogP contribution in [0.2, 0.25) is 0 Å². The van der Waals surface area contributed by atoms with E-state index in [0.29, 0.717) is 22.3 Å². The molecule has 0 amide bonds. The van der Waals surface area contributed by atoms with Crippen molar-refractivity contribution in [1.29, 1.82) is 0 Å². The van der Waals surface area contributed by atoms with Gasteiger partial charge >= 0.3 is 0 Å². The summed E-state index contributed by atoms with van der Waals surface area (Å²) in [5, 5.41) is 5.12. The number of hydrogen-bond donors (Lipinski definition) is 1. The van der Waals surface area contributed by atoms with Gasteiger partial charge in [0.15, 0.2) is 5.16 Å². The van der Waals surface area contributed by atoms with Crippen LogP contribution < -0.4 is 16.2 Å². The van der Waals surface area contributed by atoms with Gasteiger partial charge in [-0.3, -0.25) is 9.36 Å². The lowest BCUT2D eigenvalue weighted by Gasteiger charge is -2.15. The molecule has 0 spiro atoms.